The average Bonchev–Trinajstić information content (AvgIpc) is 2.15. The summed E-state index contributed by atoms with van der Waals surface area (Å²) in [5.41, 5.74) is -0.0197. The van der Waals surface area contributed by atoms with Crippen LogP contribution in [-0.2, 0) is 9.53 Å². The van der Waals surface area contributed by atoms with Crippen LogP contribution in [0.3, 0.4) is 0 Å². The number of aliphatic carboxylic acids is 1. The van der Waals surface area contributed by atoms with E-state index in [1.165, 1.54) is 12.1 Å². The summed E-state index contributed by atoms with van der Waals surface area (Å²) in [5.74, 6) is -1.90. The molecule has 0 aliphatic carbocycles. The van der Waals surface area contributed by atoms with Crippen molar-refractivity contribution in [1.82, 2.24) is 0 Å². The van der Waals surface area contributed by atoms with Crippen molar-refractivity contribution in [1.29, 1.82) is 0 Å². The number of rotatable bonds is 4. The fourth-order valence-corrected chi connectivity index (χ4v) is 1.33. The summed E-state index contributed by atoms with van der Waals surface area (Å²) in [5, 5.41) is 9.05. The number of benzene rings is 1. The van der Waals surface area contributed by atoms with Crippen LogP contribution in [0.2, 0.25) is 5.02 Å². The lowest BCUT2D eigenvalue weighted by Gasteiger charge is -2.13. The normalized spacial score (nSPS) is 12.5. The van der Waals surface area contributed by atoms with Gasteiger partial charge in [0.2, 0.25) is 0 Å². The second-order valence-electron chi connectivity index (χ2n) is 2.84. The molecule has 0 aliphatic heterocycles. The van der Waals surface area contributed by atoms with E-state index in [4.69, 9.17) is 21.4 Å². The second kappa shape index (κ2) is 5.09. The van der Waals surface area contributed by atoms with Gasteiger partial charge in [-0.05, 0) is 19.1 Å². The third-order valence-corrected chi connectivity index (χ3v) is 2.04. The van der Waals surface area contributed by atoms with Gasteiger partial charge >= 0.3 is 5.97 Å². The van der Waals surface area contributed by atoms with E-state index < -0.39 is 17.9 Å². The highest BCUT2D eigenvalue weighted by atomic mass is 35.5. The largest absolute Gasteiger partial charge is 0.479 e. The predicted molar refractivity (Wildman–Crippen MR) is 53.4 cm³/mol. The molecule has 0 fully saturated rings. The molecule has 0 radical (unpaired) electrons. The molecule has 0 saturated heterocycles. The Balaban J connectivity index is 3.05. The van der Waals surface area contributed by atoms with Crippen LogP contribution in [0.25, 0.3) is 0 Å². The first kappa shape index (κ1) is 11.9. The number of halogens is 2. The van der Waals surface area contributed by atoms with E-state index in [0.717, 1.165) is 6.07 Å². The van der Waals surface area contributed by atoms with Crippen LogP contribution < -0.4 is 0 Å². The summed E-state index contributed by atoms with van der Waals surface area (Å²) in [6, 6.07) is 3.80. The third kappa shape index (κ3) is 2.91. The van der Waals surface area contributed by atoms with Gasteiger partial charge in [-0.25, -0.2) is 9.18 Å². The minimum atomic E-state index is -1.28. The van der Waals surface area contributed by atoms with Gasteiger partial charge in [-0.1, -0.05) is 17.7 Å². The summed E-state index contributed by atoms with van der Waals surface area (Å²) in [6.45, 7) is 1.84. The molecular weight excluding hydrogens is 223 g/mol. The molecule has 0 bridgehead atoms. The molecule has 1 N–H and O–H groups in total. The minimum absolute atomic E-state index is 0.0197. The molecule has 1 atom stereocenters. The molecule has 82 valence electrons. The maximum absolute atomic E-state index is 13.4. The van der Waals surface area contributed by atoms with Crippen molar-refractivity contribution in [2.75, 3.05) is 6.61 Å². The number of hydrogen-bond donors (Lipinski definition) is 1. The van der Waals surface area contributed by atoms with Crippen LogP contribution in [0.4, 0.5) is 4.39 Å². The molecule has 1 aromatic rings. The Labute approximate surface area is 91.4 Å². The Morgan fingerprint density at radius 2 is 2.33 bits per heavy atom. The summed E-state index contributed by atoms with van der Waals surface area (Å²) < 4.78 is 18.3. The molecule has 1 aromatic carbocycles. The SMILES string of the molecule is CCOC(C(=O)O)c1ccc(Cl)cc1F. The smallest absolute Gasteiger partial charge is 0.337 e. The number of carboxylic acids is 1. The van der Waals surface area contributed by atoms with Gasteiger partial charge < -0.3 is 9.84 Å². The zero-order chi connectivity index (χ0) is 11.4. The lowest BCUT2D eigenvalue weighted by molar-refractivity contribution is -0.150. The lowest BCUT2D eigenvalue weighted by Crippen LogP contribution is -2.16. The van der Waals surface area contributed by atoms with Gasteiger partial charge in [-0.2, -0.15) is 0 Å². The highest BCUT2D eigenvalue weighted by molar-refractivity contribution is 6.30. The van der Waals surface area contributed by atoms with Gasteiger partial charge in [0.1, 0.15) is 5.82 Å². The quantitative estimate of drug-likeness (QED) is 0.868. The Morgan fingerprint density at radius 3 is 2.80 bits per heavy atom. The third-order valence-electron chi connectivity index (χ3n) is 1.80. The Morgan fingerprint density at radius 1 is 1.67 bits per heavy atom. The fraction of sp³-hybridized carbons (Fsp3) is 0.300. The predicted octanol–water partition coefficient (Wildman–Crippen LogP) is 2.64. The van der Waals surface area contributed by atoms with Gasteiger partial charge in [0, 0.05) is 17.2 Å². The summed E-state index contributed by atoms with van der Waals surface area (Å²) in [7, 11) is 0. The fourth-order valence-electron chi connectivity index (χ4n) is 1.17. The van der Waals surface area contributed by atoms with Gasteiger partial charge in [0.15, 0.2) is 6.10 Å². The van der Waals surface area contributed by atoms with Crippen molar-refractivity contribution in [2.45, 2.75) is 13.0 Å². The van der Waals surface area contributed by atoms with Crippen molar-refractivity contribution < 1.29 is 19.0 Å². The second-order valence-corrected chi connectivity index (χ2v) is 3.28. The summed E-state index contributed by atoms with van der Waals surface area (Å²) in [6.07, 6.45) is -1.28. The maximum atomic E-state index is 13.4. The summed E-state index contributed by atoms with van der Waals surface area (Å²) >= 11 is 5.55. The van der Waals surface area contributed by atoms with Crippen molar-refractivity contribution >= 4 is 17.6 Å². The first-order valence-corrected chi connectivity index (χ1v) is 4.73. The van der Waals surface area contributed by atoms with E-state index in [-0.39, 0.29) is 17.2 Å². The van der Waals surface area contributed by atoms with Crippen LogP contribution in [-0.4, -0.2) is 17.7 Å². The Bertz CT molecular complexity index is 368. The zero-order valence-electron chi connectivity index (χ0n) is 8.04. The highest BCUT2D eigenvalue weighted by Crippen LogP contribution is 2.23. The van der Waals surface area contributed by atoms with E-state index >= 15 is 0 Å². The van der Waals surface area contributed by atoms with E-state index in [2.05, 4.69) is 0 Å². The van der Waals surface area contributed by atoms with Crippen LogP contribution >= 0.6 is 11.6 Å². The Kier molecular flexibility index (Phi) is 4.05. The summed E-state index contributed by atoms with van der Waals surface area (Å²) in [4.78, 5) is 10.8. The molecule has 0 heterocycles. The molecule has 5 heteroatoms. The average molecular weight is 233 g/mol. The number of carboxylic acid groups (broad SMARTS) is 1. The molecular formula is C10H10ClFO3. The lowest BCUT2D eigenvalue weighted by atomic mass is 10.1. The van der Waals surface area contributed by atoms with Gasteiger partial charge in [0.05, 0.1) is 0 Å². The van der Waals surface area contributed by atoms with Gasteiger partial charge in [-0.3, -0.25) is 0 Å². The van der Waals surface area contributed by atoms with Crippen molar-refractivity contribution in [3.63, 3.8) is 0 Å². The maximum Gasteiger partial charge on any atom is 0.337 e. The van der Waals surface area contributed by atoms with Crippen LogP contribution in [0.1, 0.15) is 18.6 Å². The van der Waals surface area contributed by atoms with Crippen molar-refractivity contribution in [3.8, 4) is 0 Å². The molecule has 1 unspecified atom stereocenters. The Hall–Kier alpha value is -1.13. The first-order chi connectivity index (χ1) is 7.06. The molecule has 0 aromatic heterocycles. The monoisotopic (exact) mass is 232 g/mol. The molecule has 0 amide bonds. The minimum Gasteiger partial charge on any atom is -0.479 e. The number of hydrogen-bond acceptors (Lipinski definition) is 2. The number of ether oxygens (including phenoxy) is 1. The van der Waals surface area contributed by atoms with E-state index in [1.54, 1.807) is 6.92 Å². The molecule has 3 nitrogen and oxygen atoms in total. The molecule has 0 aliphatic rings. The van der Waals surface area contributed by atoms with Crippen LogP contribution in [0.15, 0.2) is 18.2 Å². The van der Waals surface area contributed by atoms with E-state index in [0.29, 0.717) is 0 Å². The van der Waals surface area contributed by atoms with Crippen molar-refractivity contribution in [3.05, 3.63) is 34.6 Å². The van der Waals surface area contributed by atoms with Gasteiger partial charge in [0.25, 0.3) is 0 Å². The van der Waals surface area contributed by atoms with E-state index in [9.17, 15) is 9.18 Å². The van der Waals surface area contributed by atoms with Crippen molar-refractivity contribution in [2.24, 2.45) is 0 Å². The van der Waals surface area contributed by atoms with Gasteiger partial charge in [-0.15, -0.1) is 0 Å². The topological polar surface area (TPSA) is 46.5 Å². The van der Waals surface area contributed by atoms with E-state index in [1.807, 2.05) is 0 Å². The molecule has 1 rings (SSSR count). The molecule has 0 spiro atoms. The van der Waals surface area contributed by atoms with Crippen LogP contribution in [0.5, 0.6) is 0 Å². The molecule has 15 heavy (non-hydrogen) atoms. The molecule has 0 saturated carbocycles. The standard InChI is InChI=1S/C10H10ClFO3/c1-2-15-9(10(13)14)7-4-3-6(11)5-8(7)12/h3-5,9H,2H2,1H3,(H,13,14). The zero-order valence-corrected chi connectivity index (χ0v) is 8.79. The van der Waals surface area contributed by atoms with Crippen LogP contribution in [0, 0.1) is 5.82 Å². The number of carbonyl (C=O) groups is 1. The highest BCUT2D eigenvalue weighted by Gasteiger charge is 2.23. The first-order valence-electron chi connectivity index (χ1n) is 4.35.